The summed E-state index contributed by atoms with van der Waals surface area (Å²) in [5.74, 6) is -0.483. The molecule has 1 fully saturated rings. The van der Waals surface area contributed by atoms with Crippen LogP contribution in [0.15, 0.2) is 48.5 Å². The number of anilines is 3. The molecule has 0 radical (unpaired) electrons. The molecule has 0 atom stereocenters. The molecule has 4 rings (SSSR count). The van der Waals surface area contributed by atoms with E-state index in [4.69, 9.17) is 5.73 Å². The van der Waals surface area contributed by atoms with Gasteiger partial charge in [-0.1, -0.05) is 24.3 Å². The quantitative estimate of drug-likeness (QED) is 0.692. The molecule has 152 valence electrons. The van der Waals surface area contributed by atoms with Crippen molar-refractivity contribution in [3.05, 3.63) is 54.3 Å². The van der Waals surface area contributed by atoms with E-state index in [1.54, 1.807) is 28.6 Å². The highest BCUT2D eigenvalue weighted by molar-refractivity contribution is 8.27. The van der Waals surface area contributed by atoms with Crippen molar-refractivity contribution in [2.24, 2.45) is 5.73 Å². The van der Waals surface area contributed by atoms with Crippen LogP contribution in [0.4, 0.5) is 21.5 Å². The number of nitrogens with two attached hydrogens (primary N) is 1. The second-order valence-corrected chi connectivity index (χ2v) is 9.14. The van der Waals surface area contributed by atoms with E-state index in [1.807, 2.05) is 18.2 Å². The Hall–Kier alpha value is -1.84. The first-order valence-electron chi connectivity index (χ1n) is 9.66. The first kappa shape index (κ1) is 19.5. The zero-order valence-electron chi connectivity index (χ0n) is 15.7. The molecule has 8 heteroatoms. The van der Waals surface area contributed by atoms with Crippen molar-refractivity contribution < 1.29 is 13.5 Å². The predicted molar refractivity (Wildman–Crippen MR) is 113 cm³/mol. The molecule has 6 nitrogen and oxygen atoms in total. The molecule has 0 aromatic heterocycles. The van der Waals surface area contributed by atoms with Crippen molar-refractivity contribution in [1.29, 1.82) is 0 Å². The van der Waals surface area contributed by atoms with Crippen molar-refractivity contribution in [3.63, 3.8) is 0 Å². The Morgan fingerprint density at radius 2 is 1.54 bits per heavy atom. The van der Waals surface area contributed by atoms with Gasteiger partial charge in [0.1, 0.15) is 11.5 Å². The van der Waals surface area contributed by atoms with Gasteiger partial charge in [-0.3, -0.25) is 13.4 Å². The van der Waals surface area contributed by atoms with Crippen molar-refractivity contribution in [1.82, 2.24) is 4.90 Å². The summed E-state index contributed by atoms with van der Waals surface area (Å²) in [6, 6.07) is 13.8. The summed E-state index contributed by atoms with van der Waals surface area (Å²) in [5, 5.41) is 0. The van der Waals surface area contributed by atoms with E-state index in [-0.39, 0.29) is 5.69 Å². The van der Waals surface area contributed by atoms with E-state index in [2.05, 4.69) is 4.90 Å². The zero-order valence-corrected chi connectivity index (χ0v) is 16.6. The van der Waals surface area contributed by atoms with Gasteiger partial charge >= 0.3 is 0 Å². The average Bonchev–Trinajstić information content (AvgIpc) is 2.90. The van der Waals surface area contributed by atoms with Crippen LogP contribution in [0.2, 0.25) is 0 Å². The lowest BCUT2D eigenvalue weighted by molar-refractivity contribution is 0.212. The third-order valence-corrected chi connectivity index (χ3v) is 7.30. The van der Waals surface area contributed by atoms with Gasteiger partial charge in [0.05, 0.1) is 11.4 Å². The van der Waals surface area contributed by atoms with E-state index in [0.29, 0.717) is 24.0 Å². The third-order valence-electron chi connectivity index (χ3n) is 5.45. The van der Waals surface area contributed by atoms with Crippen LogP contribution < -0.4 is 14.3 Å². The average molecular weight is 407 g/mol. The van der Waals surface area contributed by atoms with Gasteiger partial charge in [-0.05, 0) is 74.1 Å². The highest BCUT2D eigenvalue weighted by Gasteiger charge is 2.42. The number of likely N-dealkylation sites (tertiary alicyclic amines) is 1. The van der Waals surface area contributed by atoms with E-state index in [1.165, 1.54) is 10.4 Å². The highest BCUT2D eigenvalue weighted by atomic mass is 32.3. The standard InChI is InChI=1S/C20H27FN4O2S/c21-17-6-1-2-7-18(17)25-20-9-4-3-8-19(20)24(28(25,26)27)13-5-12-23-14-10-16(22)11-15-23/h1-4,6-9,16,26-27H,5,10-15,22H2. The van der Waals surface area contributed by atoms with Gasteiger partial charge < -0.3 is 10.6 Å². The molecule has 0 amide bonds. The van der Waals surface area contributed by atoms with Crippen molar-refractivity contribution in [2.75, 3.05) is 34.8 Å². The van der Waals surface area contributed by atoms with Crippen LogP contribution in [0, 0.1) is 5.82 Å². The van der Waals surface area contributed by atoms with Gasteiger partial charge in [0.25, 0.3) is 0 Å². The van der Waals surface area contributed by atoms with E-state index in [0.717, 1.165) is 38.9 Å². The molecule has 0 unspecified atom stereocenters. The summed E-state index contributed by atoms with van der Waals surface area (Å²) in [4.78, 5) is 2.37. The van der Waals surface area contributed by atoms with Gasteiger partial charge in [-0.25, -0.2) is 8.70 Å². The van der Waals surface area contributed by atoms with Gasteiger partial charge in [0.2, 0.25) is 0 Å². The van der Waals surface area contributed by atoms with E-state index in [9.17, 15) is 13.5 Å². The lowest BCUT2D eigenvalue weighted by atomic mass is 10.1. The minimum atomic E-state index is -3.39. The molecule has 0 spiro atoms. The number of halogens is 1. The largest absolute Gasteiger partial charge is 0.328 e. The van der Waals surface area contributed by atoms with Gasteiger partial charge in [-0.15, -0.1) is 0 Å². The minimum absolute atomic E-state index is 0.169. The van der Waals surface area contributed by atoms with Crippen LogP contribution in [0.25, 0.3) is 0 Å². The molecule has 0 saturated carbocycles. The molecule has 28 heavy (non-hydrogen) atoms. The number of para-hydroxylation sites is 3. The van der Waals surface area contributed by atoms with Crippen molar-refractivity contribution in [3.8, 4) is 0 Å². The Morgan fingerprint density at radius 1 is 0.929 bits per heavy atom. The number of benzene rings is 2. The number of fused-ring (bicyclic) bond motifs is 1. The Morgan fingerprint density at radius 3 is 2.21 bits per heavy atom. The molecular formula is C20H27FN4O2S. The second kappa shape index (κ2) is 7.88. The fourth-order valence-electron chi connectivity index (χ4n) is 3.94. The fourth-order valence-corrected chi connectivity index (χ4v) is 5.76. The normalized spacial score (nSPS) is 21.0. The number of piperidine rings is 1. The number of rotatable bonds is 5. The molecular weight excluding hydrogens is 379 g/mol. The van der Waals surface area contributed by atoms with Crippen LogP contribution in [0.1, 0.15) is 19.3 Å². The zero-order chi connectivity index (χ0) is 19.7. The Labute approximate surface area is 167 Å². The summed E-state index contributed by atoms with van der Waals surface area (Å²) < 4.78 is 39.6. The Kier molecular flexibility index (Phi) is 5.48. The fraction of sp³-hybridized carbons (Fsp3) is 0.400. The first-order chi connectivity index (χ1) is 13.5. The highest BCUT2D eigenvalue weighted by Crippen LogP contribution is 2.64. The molecule has 0 bridgehead atoms. The molecule has 0 aliphatic carbocycles. The van der Waals surface area contributed by atoms with Crippen LogP contribution in [-0.4, -0.2) is 46.2 Å². The third kappa shape index (κ3) is 3.58. The summed E-state index contributed by atoms with van der Waals surface area (Å²) >= 11 is 0. The molecule has 4 N–H and O–H groups in total. The van der Waals surface area contributed by atoms with Gasteiger partial charge in [-0.2, -0.15) is 0 Å². The Balaban J connectivity index is 1.54. The molecule has 2 heterocycles. The topological polar surface area (TPSA) is 76.2 Å². The summed E-state index contributed by atoms with van der Waals surface area (Å²) in [6.45, 7) is 3.32. The first-order valence-corrected chi connectivity index (χ1v) is 11.1. The Bertz CT molecular complexity index is 829. The minimum Gasteiger partial charge on any atom is -0.328 e. The summed E-state index contributed by atoms with van der Waals surface area (Å²) in [5.41, 5.74) is 7.45. The van der Waals surface area contributed by atoms with Crippen LogP contribution in [0.5, 0.6) is 0 Å². The molecule has 1 saturated heterocycles. The number of hydrogen-bond donors (Lipinski definition) is 3. The summed E-state index contributed by atoms with van der Waals surface area (Å²) in [6.07, 6.45) is 2.79. The summed E-state index contributed by atoms with van der Waals surface area (Å²) in [7, 11) is -3.39. The second-order valence-electron chi connectivity index (χ2n) is 7.36. The maximum atomic E-state index is 14.4. The van der Waals surface area contributed by atoms with Crippen molar-refractivity contribution >= 4 is 28.0 Å². The molecule has 2 aliphatic rings. The molecule has 2 aromatic carbocycles. The molecule has 2 aliphatic heterocycles. The monoisotopic (exact) mass is 406 g/mol. The van der Waals surface area contributed by atoms with Crippen LogP contribution >= 0.6 is 11.0 Å². The number of hydrogen-bond acceptors (Lipinski definition) is 6. The lowest BCUT2D eigenvalue weighted by Gasteiger charge is -2.44. The predicted octanol–water partition coefficient (Wildman–Crippen LogP) is 4.18. The van der Waals surface area contributed by atoms with Gasteiger partial charge in [0, 0.05) is 12.6 Å². The van der Waals surface area contributed by atoms with Crippen LogP contribution in [0.3, 0.4) is 0 Å². The van der Waals surface area contributed by atoms with Crippen LogP contribution in [-0.2, 0) is 0 Å². The lowest BCUT2D eigenvalue weighted by Crippen LogP contribution is -2.41. The number of nitrogens with zero attached hydrogens (tertiary/aromatic N) is 3. The SMILES string of the molecule is NC1CCN(CCCN2c3ccccc3N(c3ccccc3F)S2(O)O)CC1. The molecule has 2 aromatic rings. The van der Waals surface area contributed by atoms with E-state index < -0.39 is 16.8 Å². The smallest absolute Gasteiger partial charge is 0.148 e. The van der Waals surface area contributed by atoms with E-state index >= 15 is 0 Å². The maximum absolute atomic E-state index is 14.4. The van der Waals surface area contributed by atoms with Crippen molar-refractivity contribution in [2.45, 2.75) is 25.3 Å². The van der Waals surface area contributed by atoms with Gasteiger partial charge in [0.15, 0.2) is 0 Å². The maximum Gasteiger partial charge on any atom is 0.148 e.